The van der Waals surface area contributed by atoms with Crippen LogP contribution in [0.1, 0.15) is 37.7 Å². The first kappa shape index (κ1) is 19.1. The van der Waals surface area contributed by atoms with Gasteiger partial charge in [0.1, 0.15) is 0 Å². The molecule has 2 aromatic rings. The van der Waals surface area contributed by atoms with Gasteiger partial charge in [0.15, 0.2) is 0 Å². The van der Waals surface area contributed by atoms with Crippen LogP contribution in [0.4, 0.5) is 0 Å². The van der Waals surface area contributed by atoms with Crippen molar-refractivity contribution in [2.24, 2.45) is 0 Å². The van der Waals surface area contributed by atoms with Crippen molar-refractivity contribution in [3.63, 3.8) is 0 Å². The summed E-state index contributed by atoms with van der Waals surface area (Å²) in [6, 6.07) is 15.9. The summed E-state index contributed by atoms with van der Waals surface area (Å²) in [5.74, 6) is 0. The molecule has 2 aromatic carbocycles. The molecular weight excluding hydrogens is 419 g/mol. The molecule has 4 rings (SSSR count). The zero-order valence-corrected chi connectivity index (χ0v) is 17.8. The van der Waals surface area contributed by atoms with Crippen molar-refractivity contribution in [1.29, 1.82) is 0 Å². The van der Waals surface area contributed by atoms with Crippen LogP contribution in [0.3, 0.4) is 0 Å². The van der Waals surface area contributed by atoms with Crippen LogP contribution >= 0.6 is 22.6 Å². The molecule has 0 aromatic heterocycles. The van der Waals surface area contributed by atoms with Crippen molar-refractivity contribution in [3.8, 4) is 0 Å². The molecule has 136 valence electrons. The molecule has 2 fully saturated rings. The van der Waals surface area contributed by atoms with E-state index in [1.54, 1.807) is 5.56 Å². The Hall–Kier alpha value is -0.650. The summed E-state index contributed by atoms with van der Waals surface area (Å²) in [7, 11) is 2.25. The highest BCUT2D eigenvalue weighted by Crippen LogP contribution is 2.45. The zero-order valence-electron chi connectivity index (χ0n) is 15.7. The quantitative estimate of drug-likeness (QED) is 0.453. The first-order chi connectivity index (χ1) is 12.3. The maximum Gasteiger partial charge on any atom is 0.0467 e. The van der Waals surface area contributed by atoms with Crippen LogP contribution in [-0.4, -0.2) is 48.0 Å². The molecule has 0 unspecified atom stereocenters. The molecule has 1 aliphatic carbocycles. The number of benzene rings is 2. The number of hydrogen-bond donors (Lipinski definition) is 0. The minimum Gasteiger partial charge on any atom is -0.304 e. The summed E-state index contributed by atoms with van der Waals surface area (Å²) >= 11 is 2.15. The maximum atomic E-state index is 2.81. The van der Waals surface area contributed by atoms with Crippen LogP contribution < -0.4 is 0 Å². The number of rotatable bonds is 2. The van der Waals surface area contributed by atoms with Crippen molar-refractivity contribution < 1.29 is 0 Å². The van der Waals surface area contributed by atoms with Crippen molar-refractivity contribution >= 4 is 33.4 Å². The molecule has 3 heteroatoms. The van der Waals surface area contributed by atoms with Gasteiger partial charge in [0.2, 0.25) is 0 Å². The lowest BCUT2D eigenvalue weighted by Crippen LogP contribution is -2.55. The molecule has 1 heterocycles. The van der Waals surface area contributed by atoms with Crippen LogP contribution in [0, 0.1) is 0 Å². The van der Waals surface area contributed by atoms with Crippen molar-refractivity contribution in [2.45, 2.75) is 37.6 Å². The Morgan fingerprint density at radius 1 is 0.800 bits per heavy atom. The predicted octanol–water partition coefficient (Wildman–Crippen LogP) is 5.30. The van der Waals surface area contributed by atoms with Gasteiger partial charge in [-0.25, -0.2) is 0 Å². The summed E-state index contributed by atoms with van der Waals surface area (Å²) in [5, 5.41) is 2.86. The van der Waals surface area contributed by atoms with E-state index in [1.807, 2.05) is 4.93 Å². The van der Waals surface area contributed by atoms with E-state index in [9.17, 15) is 0 Å². The third-order valence-electron chi connectivity index (χ3n) is 6.08. The van der Waals surface area contributed by atoms with Gasteiger partial charge in [-0.15, -0.1) is 0 Å². The van der Waals surface area contributed by atoms with E-state index < -0.39 is 0 Å². The average Bonchev–Trinajstić information content (AvgIpc) is 2.70. The van der Waals surface area contributed by atoms with Gasteiger partial charge in [-0.05, 0) is 41.2 Å². The monoisotopic (exact) mass is 450 g/mol. The van der Waals surface area contributed by atoms with Crippen LogP contribution in [0.15, 0.2) is 42.5 Å². The number of nitrogens with zero attached hydrogens (tertiary/aromatic N) is 2. The average molecular weight is 450 g/mol. The van der Waals surface area contributed by atoms with E-state index in [-0.39, 0.29) is 5.54 Å². The van der Waals surface area contributed by atoms with Gasteiger partial charge in [0, 0.05) is 31.7 Å². The molecule has 2 nitrogen and oxygen atoms in total. The molecule has 0 bridgehead atoms. The normalized spacial score (nSPS) is 21.6. The first-order valence-electron chi connectivity index (χ1n) is 9.59. The van der Waals surface area contributed by atoms with E-state index in [2.05, 4.69) is 81.9 Å². The number of hydrogen-bond acceptors (Lipinski definition) is 2. The van der Waals surface area contributed by atoms with Gasteiger partial charge < -0.3 is 4.90 Å². The summed E-state index contributed by atoms with van der Waals surface area (Å²) in [6.07, 6.45) is 6.79. The molecule has 0 amide bonds. The second-order valence-electron chi connectivity index (χ2n) is 7.41. The fourth-order valence-corrected chi connectivity index (χ4v) is 4.76. The summed E-state index contributed by atoms with van der Waals surface area (Å²) < 4.78 is 0. The first-order valence-corrected chi connectivity index (χ1v) is 11.7. The maximum absolute atomic E-state index is 2.81. The molecule has 0 atom stereocenters. The van der Waals surface area contributed by atoms with Crippen molar-refractivity contribution in [1.82, 2.24) is 9.80 Å². The summed E-state index contributed by atoms with van der Waals surface area (Å²) in [5.41, 5.74) is 1.85. The molecule has 0 spiro atoms. The minimum atomic E-state index is 0.264. The molecule has 0 N–H and O–H groups in total. The van der Waals surface area contributed by atoms with E-state index in [0.717, 1.165) is 0 Å². The zero-order chi connectivity index (χ0) is 17.7. The lowest BCUT2D eigenvalue weighted by Gasteiger charge is -2.50. The SMILES string of the molecule is CI.CN1CCN(C2(c3cccc4ccccc34)CCCCC2)CC1. The minimum absolute atomic E-state index is 0.264. The van der Waals surface area contributed by atoms with Gasteiger partial charge in [0.05, 0.1) is 0 Å². The highest BCUT2D eigenvalue weighted by molar-refractivity contribution is 14.1. The number of piperazine rings is 1. The Kier molecular flexibility index (Phi) is 6.75. The van der Waals surface area contributed by atoms with E-state index in [4.69, 9.17) is 0 Å². The summed E-state index contributed by atoms with van der Waals surface area (Å²) in [6.45, 7) is 4.82. The Morgan fingerprint density at radius 2 is 1.44 bits per heavy atom. The van der Waals surface area contributed by atoms with E-state index in [0.29, 0.717) is 0 Å². The third-order valence-corrected chi connectivity index (χ3v) is 6.08. The highest BCUT2D eigenvalue weighted by Gasteiger charge is 2.41. The number of alkyl halides is 1. The van der Waals surface area contributed by atoms with Crippen molar-refractivity contribution in [3.05, 3.63) is 48.0 Å². The Labute approximate surface area is 166 Å². The lowest BCUT2D eigenvalue weighted by molar-refractivity contribution is 0.0112. The molecule has 25 heavy (non-hydrogen) atoms. The number of halogens is 1. The summed E-state index contributed by atoms with van der Waals surface area (Å²) in [4.78, 5) is 7.25. The van der Waals surface area contributed by atoms with Gasteiger partial charge >= 0.3 is 0 Å². The van der Waals surface area contributed by atoms with Gasteiger partial charge in [-0.1, -0.05) is 84.3 Å². The fourth-order valence-electron chi connectivity index (χ4n) is 4.76. The molecule has 0 radical (unpaired) electrons. The van der Waals surface area contributed by atoms with Crippen LogP contribution in [0.5, 0.6) is 0 Å². The standard InChI is InChI=1S/C21H28N2.CH3I/c1-22-14-16-23(17-15-22)21(12-5-2-6-13-21)20-11-7-9-18-8-3-4-10-19(18)20;1-2/h3-4,7-11H,2,5-6,12-17H2,1H3;1H3. The Balaban J connectivity index is 0.000000880. The molecule has 1 saturated heterocycles. The second kappa shape index (κ2) is 8.83. The Morgan fingerprint density at radius 3 is 2.16 bits per heavy atom. The second-order valence-corrected chi connectivity index (χ2v) is 7.41. The third kappa shape index (κ3) is 3.88. The van der Waals surface area contributed by atoms with Gasteiger partial charge in [-0.3, -0.25) is 4.90 Å². The van der Waals surface area contributed by atoms with Gasteiger partial charge in [0.25, 0.3) is 0 Å². The van der Waals surface area contributed by atoms with E-state index >= 15 is 0 Å². The highest BCUT2D eigenvalue weighted by atomic mass is 127. The predicted molar refractivity (Wildman–Crippen MR) is 118 cm³/mol. The van der Waals surface area contributed by atoms with Crippen LogP contribution in [0.2, 0.25) is 0 Å². The fraction of sp³-hybridized carbons (Fsp3) is 0.545. The molecule has 1 saturated carbocycles. The largest absolute Gasteiger partial charge is 0.304 e. The van der Waals surface area contributed by atoms with Crippen LogP contribution in [0.25, 0.3) is 10.8 Å². The molecular formula is C22H31IN2. The topological polar surface area (TPSA) is 6.48 Å². The van der Waals surface area contributed by atoms with Crippen LogP contribution in [-0.2, 0) is 5.54 Å². The van der Waals surface area contributed by atoms with Gasteiger partial charge in [-0.2, -0.15) is 0 Å². The molecule has 2 aliphatic rings. The molecule has 1 aliphatic heterocycles. The number of likely N-dealkylation sites (N-methyl/N-ethyl adjacent to an activating group) is 1. The number of fused-ring (bicyclic) bond motifs is 1. The van der Waals surface area contributed by atoms with Crippen molar-refractivity contribution in [2.75, 3.05) is 38.2 Å². The van der Waals surface area contributed by atoms with E-state index in [1.165, 1.54) is 69.1 Å². The Bertz CT molecular complexity index is 665. The smallest absolute Gasteiger partial charge is 0.0467 e. The lowest BCUT2D eigenvalue weighted by atomic mass is 9.73.